The molecule has 2 saturated heterocycles. The Morgan fingerprint density at radius 3 is 1.47 bits per heavy atom. The van der Waals surface area contributed by atoms with Gasteiger partial charge in [0.2, 0.25) is 76.8 Å². The number of aromatic hydroxyl groups is 1. The van der Waals surface area contributed by atoms with Gasteiger partial charge in [0.1, 0.15) is 72.2 Å². The molecule has 35 nitrogen and oxygen atoms in total. The van der Waals surface area contributed by atoms with E-state index in [9.17, 15) is 53.4 Å². The summed E-state index contributed by atoms with van der Waals surface area (Å²) >= 11 is 6.27. The number of phenolic OH excluding ortho intramolecular Hbond substituents is 1. The fraction of sp³-hybridized carbons (Fsp3) is 0.365. The first kappa shape index (κ1) is 91.5. The standard InChI is InChI=1S/C85H101ClN18O17/c1-47(2)90-35-8-7-14-62(83(119)104-36-10-15-71(104)82(118)91-48(3)73(87)109)95-76(112)64(41-53-23-32-61(107)33-24-53)97-77(113)66(39-52-21-30-60(31-22-52)94-84(88)120)98-79(115)67(40-51-19-28-59(29-20-51)93-74(110)69-44-72(108)103-85(121)102-69)100-81(117)70(46-105)101-80(116)68(43-55-11-9-34-89-45-55)99-78(114)65(38-50-17-26-58(86)27-18-50)96-75(111)63(92-49(4)106)42-54-16-25-56-12-5-6-13-57(56)37-54/h5-6,9,11-13,16-34,37,45,47-48,62-71,90,105,107H,7-8,10,14-15,35-36,38-44,46H2,1-4H3,(H2,87,109)(H,91,118)(H,92,106)(H,93,110)(H,95,112)(H,96,111)(H,97,113)(H,98,115)(H,99,114)(H,100,117)(H,101,116)(H3,88,94,120)(H2,102,103,108,121)/t48-,62+,63-,64+,65-,66+,67+,68+,69+,70+,71+/m1/s1. The highest BCUT2D eigenvalue weighted by Crippen LogP contribution is 2.24. The van der Waals surface area contributed by atoms with Crippen molar-refractivity contribution in [1.82, 2.24) is 73.7 Å². The first-order chi connectivity index (χ1) is 57.8. The number of rotatable bonds is 41. The average molecular weight is 1680 g/mol. The lowest BCUT2D eigenvalue weighted by atomic mass is 9.99. The van der Waals surface area contributed by atoms with Gasteiger partial charge in [0.05, 0.1) is 13.0 Å². The van der Waals surface area contributed by atoms with E-state index < -0.39 is 175 Å². The summed E-state index contributed by atoms with van der Waals surface area (Å²) in [6, 6.07) is 22.1. The van der Waals surface area contributed by atoms with Crippen molar-refractivity contribution in [1.29, 1.82) is 0 Å². The molecule has 0 radical (unpaired) electrons. The van der Waals surface area contributed by atoms with Crippen molar-refractivity contribution in [3.63, 3.8) is 0 Å². The first-order valence-electron chi connectivity index (χ1n) is 39.5. The number of imide groups is 1. The maximum Gasteiger partial charge on any atom is 0.322 e. The molecule has 3 heterocycles. The highest BCUT2D eigenvalue weighted by Gasteiger charge is 2.41. The van der Waals surface area contributed by atoms with E-state index in [-0.39, 0.29) is 80.2 Å². The number of pyridine rings is 1. The number of amides is 17. The lowest BCUT2D eigenvalue weighted by Crippen LogP contribution is -2.62. The number of halogens is 1. The van der Waals surface area contributed by atoms with E-state index in [1.807, 2.05) is 61.6 Å². The second-order valence-corrected chi connectivity index (χ2v) is 30.4. The highest BCUT2D eigenvalue weighted by molar-refractivity contribution is 6.30. The highest BCUT2D eigenvalue weighted by atomic mass is 35.5. The summed E-state index contributed by atoms with van der Waals surface area (Å²) in [6.07, 6.45) is 2.39. The van der Waals surface area contributed by atoms with Crippen LogP contribution in [0.5, 0.6) is 5.75 Å². The zero-order valence-corrected chi connectivity index (χ0v) is 67.8. The number of primary amides is 2. The van der Waals surface area contributed by atoms with Crippen LogP contribution in [-0.2, 0) is 101 Å². The van der Waals surface area contributed by atoms with Gasteiger partial charge in [-0.2, -0.15) is 0 Å². The van der Waals surface area contributed by atoms with Crippen LogP contribution in [0, 0.1) is 0 Å². The van der Waals surface area contributed by atoms with Crippen LogP contribution >= 0.6 is 11.6 Å². The number of phenols is 1. The molecule has 0 unspecified atom stereocenters. The van der Waals surface area contributed by atoms with E-state index in [1.165, 1.54) is 104 Å². The molecule has 1 aromatic heterocycles. The van der Waals surface area contributed by atoms with Gasteiger partial charge in [-0.05, 0) is 144 Å². The SMILES string of the molecule is CC(=O)N[C@H](Cc1ccc2ccccc2c1)C(=O)N[C@H](Cc1ccc(Cl)cc1)C(=O)N[C@@H](Cc1cccnc1)C(=O)N[C@@H](CO)C(=O)N[C@@H](Cc1ccc(NC(=O)[C@@H]2CC(=O)NC(=O)N2)cc1)C(=O)N[C@@H](Cc1ccc(NC(N)=O)cc1)C(=O)N[C@@H](Cc1ccc(O)cc1)C(=O)N[C@@H](CCCCNC(C)C)C(=O)N1CCC[C@H]1C(=O)N[C@H](C)C(N)=O. The van der Waals surface area contributed by atoms with Crippen molar-refractivity contribution in [2.24, 2.45) is 11.5 Å². The maximum absolute atomic E-state index is 15.6. The van der Waals surface area contributed by atoms with Crippen molar-refractivity contribution in [2.75, 3.05) is 30.3 Å². The number of carbonyl (C=O) groups excluding carboxylic acids is 15. The van der Waals surface area contributed by atoms with Crippen molar-refractivity contribution in [3.8, 4) is 5.75 Å². The molecule has 0 bridgehead atoms. The number of aromatic nitrogens is 1. The number of nitrogens with zero attached hydrogens (tertiary/aromatic N) is 2. The van der Waals surface area contributed by atoms with Crippen LogP contribution < -0.4 is 85.9 Å². The van der Waals surface area contributed by atoms with E-state index in [1.54, 1.807) is 36.4 Å². The molecule has 0 spiro atoms. The van der Waals surface area contributed by atoms with Gasteiger partial charge in [-0.3, -0.25) is 72.6 Å². The van der Waals surface area contributed by atoms with E-state index in [0.717, 1.165) is 10.8 Å². The molecule has 2 fully saturated rings. The third-order valence-electron chi connectivity index (χ3n) is 20.1. The quantitative estimate of drug-likeness (QED) is 0.0241. The third-order valence-corrected chi connectivity index (χ3v) is 20.4. The molecule has 6 aromatic carbocycles. The van der Waals surface area contributed by atoms with Crippen LogP contribution in [0.2, 0.25) is 5.02 Å². The summed E-state index contributed by atoms with van der Waals surface area (Å²) in [5.41, 5.74) is 13.8. The minimum Gasteiger partial charge on any atom is -0.508 e. The number of fused-ring (bicyclic) bond motifs is 1. The molecule has 0 aliphatic carbocycles. The molecule has 20 N–H and O–H groups in total. The van der Waals surface area contributed by atoms with Gasteiger partial charge in [0, 0.05) is 86.8 Å². The van der Waals surface area contributed by atoms with Crippen LogP contribution in [0.3, 0.4) is 0 Å². The number of nitrogens with two attached hydrogens (primary N) is 2. The Balaban J connectivity index is 1.03. The second kappa shape index (κ2) is 44.4. The number of hydrogen-bond donors (Lipinski definition) is 18. The number of aliphatic hydroxyl groups is 1. The Morgan fingerprint density at radius 1 is 0.521 bits per heavy atom. The lowest BCUT2D eigenvalue weighted by Gasteiger charge is -2.31. The number of urea groups is 2. The van der Waals surface area contributed by atoms with E-state index >= 15 is 28.8 Å². The molecular weight excluding hydrogens is 1580 g/mol. The van der Waals surface area contributed by atoms with E-state index in [2.05, 4.69) is 74.1 Å². The van der Waals surface area contributed by atoms with Crippen LogP contribution in [0.15, 0.2) is 164 Å². The summed E-state index contributed by atoms with van der Waals surface area (Å²) < 4.78 is 0. The molecule has 121 heavy (non-hydrogen) atoms. The van der Waals surface area contributed by atoms with Crippen LogP contribution in [-0.4, -0.2) is 201 Å². The van der Waals surface area contributed by atoms with Gasteiger partial charge in [0.15, 0.2) is 0 Å². The smallest absolute Gasteiger partial charge is 0.322 e. The van der Waals surface area contributed by atoms with Gasteiger partial charge in [-0.1, -0.05) is 123 Å². The Hall–Kier alpha value is -13.4. The molecule has 2 aliphatic heterocycles. The van der Waals surface area contributed by atoms with Gasteiger partial charge < -0.3 is 95.7 Å². The number of carbonyl (C=O) groups is 15. The summed E-state index contributed by atoms with van der Waals surface area (Å²) in [5.74, 6) is -11.3. The summed E-state index contributed by atoms with van der Waals surface area (Å²) in [5, 5.41) is 60.7. The summed E-state index contributed by atoms with van der Waals surface area (Å²) in [6.45, 7) is 6.03. The molecule has 0 saturated carbocycles. The van der Waals surface area contributed by atoms with Crippen molar-refractivity contribution < 1.29 is 82.1 Å². The number of benzene rings is 6. The maximum atomic E-state index is 15.6. The molecule has 36 heteroatoms. The van der Waals surface area contributed by atoms with E-state index in [0.29, 0.717) is 58.6 Å². The monoisotopic (exact) mass is 1680 g/mol. The molecular formula is C85H101ClN18O17. The molecule has 17 amide bonds. The van der Waals surface area contributed by atoms with Crippen LogP contribution in [0.1, 0.15) is 99.6 Å². The number of anilines is 2. The molecule has 7 aromatic rings. The Kier molecular flexibility index (Phi) is 33.6. The zero-order chi connectivity index (χ0) is 87.4. The number of hydrogen-bond acceptors (Lipinski definition) is 19. The minimum absolute atomic E-state index is 0.00525. The second-order valence-electron chi connectivity index (χ2n) is 30.0. The number of aliphatic hydroxyl groups excluding tert-OH is 1. The van der Waals surface area contributed by atoms with Gasteiger partial charge >= 0.3 is 12.1 Å². The number of unbranched alkanes of at least 4 members (excludes halogenated alkanes) is 1. The minimum atomic E-state index is -1.95. The Labute approximate surface area is 702 Å². The predicted octanol–water partition coefficient (Wildman–Crippen LogP) is 1.42. The van der Waals surface area contributed by atoms with Gasteiger partial charge in [-0.25, -0.2) is 9.59 Å². The number of nitrogens with one attached hydrogen (secondary N) is 14. The normalized spacial score (nSPS) is 15.9. The Bertz CT molecular complexity index is 4860. The lowest BCUT2D eigenvalue weighted by molar-refractivity contribution is -0.142. The van der Waals surface area contributed by atoms with Crippen LogP contribution in [0.25, 0.3) is 10.8 Å². The molecule has 640 valence electrons. The van der Waals surface area contributed by atoms with Gasteiger partial charge in [0.25, 0.3) is 0 Å². The predicted molar refractivity (Wildman–Crippen MR) is 446 cm³/mol. The zero-order valence-electron chi connectivity index (χ0n) is 67.1. The molecule has 9 rings (SSSR count). The average Bonchev–Trinajstić information content (AvgIpc) is 0.873. The van der Waals surface area contributed by atoms with E-state index in [4.69, 9.17) is 23.1 Å². The topological polar surface area (TPSA) is 533 Å². The van der Waals surface area contributed by atoms with Crippen molar-refractivity contribution in [2.45, 2.75) is 177 Å². The first-order valence-corrected chi connectivity index (χ1v) is 39.9. The van der Waals surface area contributed by atoms with Crippen molar-refractivity contribution >= 4 is 123 Å². The van der Waals surface area contributed by atoms with Crippen LogP contribution in [0.4, 0.5) is 21.0 Å². The summed E-state index contributed by atoms with van der Waals surface area (Å²) in [4.78, 5) is 215. The third kappa shape index (κ3) is 28.4. The number of likely N-dealkylation sites (tertiary alicyclic amines) is 1. The summed E-state index contributed by atoms with van der Waals surface area (Å²) in [7, 11) is 0. The Morgan fingerprint density at radius 2 is 0.983 bits per heavy atom. The van der Waals surface area contributed by atoms with Gasteiger partial charge in [-0.15, -0.1) is 0 Å². The molecule has 2 aliphatic rings. The fourth-order valence-electron chi connectivity index (χ4n) is 13.7. The molecule has 11 atom stereocenters. The fourth-order valence-corrected chi connectivity index (χ4v) is 13.9. The van der Waals surface area contributed by atoms with Crippen molar-refractivity contribution in [3.05, 3.63) is 202 Å². The largest absolute Gasteiger partial charge is 0.508 e.